The van der Waals surface area contributed by atoms with Crippen molar-refractivity contribution in [1.82, 2.24) is 19.9 Å². The molecule has 8 nitrogen and oxygen atoms in total. The fourth-order valence-electron chi connectivity index (χ4n) is 2.54. The number of aromatic carboxylic acids is 1. The highest BCUT2D eigenvalue weighted by molar-refractivity contribution is 5.86. The highest BCUT2D eigenvalue weighted by Gasteiger charge is 2.17. The third-order valence-electron chi connectivity index (χ3n) is 3.87. The first-order valence-electron chi connectivity index (χ1n) is 8.31. The number of carbonyl (C=O) groups is 1. The summed E-state index contributed by atoms with van der Waals surface area (Å²) in [4.78, 5) is 15.2. The summed E-state index contributed by atoms with van der Waals surface area (Å²) in [5, 5.41) is 16.3. The summed E-state index contributed by atoms with van der Waals surface area (Å²) < 4.78 is 26.4. The zero-order valence-corrected chi connectivity index (χ0v) is 14.8. The first-order valence-corrected chi connectivity index (χ1v) is 8.31. The van der Waals surface area contributed by atoms with Crippen molar-refractivity contribution in [3.8, 4) is 11.6 Å². The molecule has 3 rings (SSSR count). The molecule has 0 aliphatic carbocycles. The second kappa shape index (κ2) is 8.00. The van der Waals surface area contributed by atoms with Gasteiger partial charge in [-0.3, -0.25) is 0 Å². The number of halogens is 1. The minimum absolute atomic E-state index is 0.0788. The van der Waals surface area contributed by atoms with Crippen LogP contribution in [0.15, 0.2) is 36.5 Å². The van der Waals surface area contributed by atoms with Gasteiger partial charge in [-0.15, -0.1) is 5.10 Å². The number of likely N-dealkylation sites (N-methyl/N-ethyl adjacent to an activating group) is 1. The van der Waals surface area contributed by atoms with Crippen LogP contribution < -0.4 is 14.8 Å². The number of ether oxygens (including phenoxy) is 2. The monoisotopic (exact) mass is 374 g/mol. The van der Waals surface area contributed by atoms with E-state index in [-0.39, 0.29) is 11.6 Å². The summed E-state index contributed by atoms with van der Waals surface area (Å²) in [6.45, 7) is 2.80. The zero-order chi connectivity index (χ0) is 19.4. The number of nitrogens with zero attached hydrogens (tertiary/aromatic N) is 3. The predicted octanol–water partition coefficient (Wildman–Crippen LogP) is 2.30. The Morgan fingerprint density at radius 2 is 2.19 bits per heavy atom. The van der Waals surface area contributed by atoms with Crippen molar-refractivity contribution in [2.45, 2.75) is 13.0 Å². The van der Waals surface area contributed by atoms with Crippen LogP contribution >= 0.6 is 0 Å². The van der Waals surface area contributed by atoms with Gasteiger partial charge in [0, 0.05) is 18.2 Å². The van der Waals surface area contributed by atoms with E-state index in [0.29, 0.717) is 30.1 Å². The van der Waals surface area contributed by atoms with Crippen molar-refractivity contribution in [3.05, 3.63) is 53.6 Å². The maximum absolute atomic E-state index is 13.7. The number of hydrogen-bond acceptors (Lipinski definition) is 6. The van der Waals surface area contributed by atoms with Crippen LogP contribution in [-0.4, -0.2) is 45.9 Å². The lowest BCUT2D eigenvalue weighted by Crippen LogP contribution is -2.17. The average Bonchev–Trinajstić information content (AvgIpc) is 3.06. The van der Waals surface area contributed by atoms with E-state index in [1.165, 1.54) is 22.8 Å². The Morgan fingerprint density at radius 1 is 1.37 bits per heavy atom. The predicted molar refractivity (Wildman–Crippen MR) is 94.8 cm³/mol. The van der Waals surface area contributed by atoms with Gasteiger partial charge in [-0.25, -0.2) is 18.7 Å². The second-order valence-corrected chi connectivity index (χ2v) is 5.78. The molecular formula is C18H19FN4O4. The first kappa shape index (κ1) is 18.6. The number of aromatic nitrogens is 3. The van der Waals surface area contributed by atoms with E-state index < -0.39 is 17.9 Å². The highest BCUT2D eigenvalue weighted by atomic mass is 19.1. The van der Waals surface area contributed by atoms with Crippen molar-refractivity contribution in [2.24, 2.45) is 0 Å². The molecule has 0 saturated carbocycles. The van der Waals surface area contributed by atoms with E-state index in [1.54, 1.807) is 25.1 Å². The molecule has 0 aliphatic rings. The molecule has 0 fully saturated rings. The molecule has 0 aliphatic heterocycles. The van der Waals surface area contributed by atoms with E-state index in [1.807, 2.05) is 7.05 Å². The SMILES string of the molecule is CNCCOc1ccc(F)cc1[C@@H](C)Oc1ccc2ncc(C(=O)O)n2n1. The van der Waals surface area contributed by atoms with E-state index >= 15 is 0 Å². The number of hydrogen-bond donors (Lipinski definition) is 2. The van der Waals surface area contributed by atoms with Crippen molar-refractivity contribution in [3.63, 3.8) is 0 Å². The molecule has 0 saturated heterocycles. The number of fused-ring (bicyclic) bond motifs is 1. The molecule has 1 atom stereocenters. The largest absolute Gasteiger partial charge is 0.492 e. The summed E-state index contributed by atoms with van der Waals surface area (Å²) in [7, 11) is 1.81. The third kappa shape index (κ3) is 4.14. The molecular weight excluding hydrogens is 355 g/mol. The van der Waals surface area contributed by atoms with Crippen molar-refractivity contribution >= 4 is 11.6 Å². The molecule has 9 heteroatoms. The van der Waals surface area contributed by atoms with Crippen LogP contribution in [0.4, 0.5) is 4.39 Å². The van der Waals surface area contributed by atoms with Crippen molar-refractivity contribution < 1.29 is 23.8 Å². The molecule has 2 N–H and O–H groups in total. The molecule has 0 radical (unpaired) electrons. The van der Waals surface area contributed by atoms with Gasteiger partial charge in [-0.05, 0) is 38.2 Å². The molecule has 0 bridgehead atoms. The topological polar surface area (TPSA) is 98.0 Å². The Bertz CT molecular complexity index is 960. The maximum atomic E-state index is 13.7. The van der Waals surface area contributed by atoms with Gasteiger partial charge in [0.1, 0.15) is 24.3 Å². The number of rotatable bonds is 8. The third-order valence-corrected chi connectivity index (χ3v) is 3.87. The van der Waals surface area contributed by atoms with E-state index in [2.05, 4.69) is 15.4 Å². The quantitative estimate of drug-likeness (QED) is 0.584. The van der Waals surface area contributed by atoms with Gasteiger partial charge in [-0.2, -0.15) is 0 Å². The summed E-state index contributed by atoms with van der Waals surface area (Å²) in [5.74, 6) is -0.867. The summed E-state index contributed by atoms with van der Waals surface area (Å²) in [6.07, 6.45) is 0.644. The van der Waals surface area contributed by atoms with Crippen molar-refractivity contribution in [1.29, 1.82) is 0 Å². The molecule has 142 valence electrons. The molecule has 27 heavy (non-hydrogen) atoms. The summed E-state index contributed by atoms with van der Waals surface area (Å²) >= 11 is 0. The van der Waals surface area contributed by atoms with Gasteiger partial charge in [-0.1, -0.05) is 0 Å². The fourth-order valence-corrected chi connectivity index (χ4v) is 2.54. The zero-order valence-electron chi connectivity index (χ0n) is 14.8. The molecule has 3 aromatic rings. The first-order chi connectivity index (χ1) is 13.0. The smallest absolute Gasteiger partial charge is 0.356 e. The Balaban J connectivity index is 1.85. The van der Waals surface area contributed by atoms with Crippen LogP contribution in [0.5, 0.6) is 11.6 Å². The van der Waals surface area contributed by atoms with Gasteiger partial charge < -0.3 is 19.9 Å². The lowest BCUT2D eigenvalue weighted by molar-refractivity contribution is 0.0687. The van der Waals surface area contributed by atoms with Gasteiger partial charge in [0.2, 0.25) is 5.88 Å². The van der Waals surface area contributed by atoms with Crippen LogP contribution in [0.2, 0.25) is 0 Å². The van der Waals surface area contributed by atoms with Crippen LogP contribution in [0.3, 0.4) is 0 Å². The normalized spacial score (nSPS) is 12.1. The van der Waals surface area contributed by atoms with Crippen molar-refractivity contribution in [2.75, 3.05) is 20.2 Å². The molecule has 0 amide bonds. The lowest BCUT2D eigenvalue weighted by atomic mass is 10.1. The molecule has 0 spiro atoms. The highest BCUT2D eigenvalue weighted by Crippen LogP contribution is 2.29. The van der Waals surface area contributed by atoms with Gasteiger partial charge in [0.15, 0.2) is 11.3 Å². The van der Waals surface area contributed by atoms with Gasteiger partial charge in [0.25, 0.3) is 0 Å². The summed E-state index contributed by atoms with van der Waals surface area (Å²) in [6, 6.07) is 7.38. The number of nitrogens with one attached hydrogen (secondary N) is 1. The Hall–Kier alpha value is -3.20. The summed E-state index contributed by atoms with van der Waals surface area (Å²) in [5.41, 5.74) is 0.830. The van der Waals surface area contributed by atoms with E-state index in [4.69, 9.17) is 9.47 Å². The lowest BCUT2D eigenvalue weighted by Gasteiger charge is -2.18. The Kier molecular flexibility index (Phi) is 5.51. The van der Waals surface area contributed by atoms with Crippen LogP contribution in [0.25, 0.3) is 5.65 Å². The fraction of sp³-hybridized carbons (Fsp3) is 0.278. The Morgan fingerprint density at radius 3 is 2.93 bits per heavy atom. The van der Waals surface area contributed by atoms with Gasteiger partial charge in [0.05, 0.1) is 6.20 Å². The van der Waals surface area contributed by atoms with E-state index in [0.717, 1.165) is 0 Å². The molecule has 2 aromatic heterocycles. The molecule has 2 heterocycles. The molecule has 0 unspecified atom stereocenters. The average molecular weight is 374 g/mol. The van der Waals surface area contributed by atoms with Crippen LogP contribution in [0, 0.1) is 5.82 Å². The standard InChI is InChI=1S/C18H19FN4O4/c1-11(13-9-12(19)3-4-15(13)26-8-7-20-2)27-17-6-5-16-21-10-14(18(24)25)23(16)22-17/h3-6,9-11,20H,7-8H2,1-2H3,(H,24,25)/t11-/m1/s1. The minimum atomic E-state index is -1.15. The maximum Gasteiger partial charge on any atom is 0.356 e. The number of carboxylic acid groups (broad SMARTS) is 1. The van der Waals surface area contributed by atoms with Crippen LogP contribution in [0.1, 0.15) is 29.1 Å². The Labute approximate surface area is 154 Å². The van der Waals surface area contributed by atoms with Gasteiger partial charge >= 0.3 is 5.97 Å². The second-order valence-electron chi connectivity index (χ2n) is 5.78. The van der Waals surface area contributed by atoms with E-state index in [9.17, 15) is 14.3 Å². The van der Waals surface area contributed by atoms with Crippen LogP contribution in [-0.2, 0) is 0 Å². The molecule has 1 aromatic carbocycles. The number of benzene rings is 1. The minimum Gasteiger partial charge on any atom is -0.492 e. The number of carboxylic acids is 1. The number of imidazole rings is 1.